The van der Waals surface area contributed by atoms with Crippen LogP contribution in [0.25, 0.3) is 21.9 Å². The summed E-state index contributed by atoms with van der Waals surface area (Å²) in [5, 5.41) is 9.32. The summed E-state index contributed by atoms with van der Waals surface area (Å²) >= 11 is 1.62. The number of hydrogen-bond donors (Lipinski definition) is 1. The summed E-state index contributed by atoms with van der Waals surface area (Å²) < 4.78 is 5.42. The van der Waals surface area contributed by atoms with Gasteiger partial charge in [0.2, 0.25) is 5.95 Å². The summed E-state index contributed by atoms with van der Waals surface area (Å²) in [6, 6.07) is 11.8. The number of aromatic nitrogens is 4. The first kappa shape index (κ1) is 16.4. The molecule has 130 valence electrons. The molecule has 1 atom stereocenters. The molecule has 0 fully saturated rings. The fraction of sp³-hybridized carbons (Fsp3) is 0.158. The van der Waals surface area contributed by atoms with Crippen molar-refractivity contribution in [2.45, 2.75) is 19.9 Å². The zero-order valence-corrected chi connectivity index (χ0v) is 15.2. The largest absolute Gasteiger partial charge is 0.356 e. The number of pyridine rings is 1. The predicted octanol–water partition coefficient (Wildman–Crippen LogP) is 4.74. The van der Waals surface area contributed by atoms with Crippen LogP contribution in [0, 0.1) is 6.92 Å². The van der Waals surface area contributed by atoms with Crippen LogP contribution >= 0.6 is 11.3 Å². The third-order valence-corrected chi connectivity index (χ3v) is 4.79. The molecule has 1 N–H and O–H groups in total. The molecule has 4 heterocycles. The summed E-state index contributed by atoms with van der Waals surface area (Å²) in [6.45, 7) is 3.92. The van der Waals surface area contributed by atoms with Gasteiger partial charge in [0.25, 0.3) is 0 Å². The second-order valence-electron chi connectivity index (χ2n) is 5.89. The van der Waals surface area contributed by atoms with Gasteiger partial charge in [0, 0.05) is 18.5 Å². The van der Waals surface area contributed by atoms with Gasteiger partial charge in [-0.05, 0) is 37.4 Å². The van der Waals surface area contributed by atoms with E-state index in [2.05, 4.69) is 20.4 Å². The van der Waals surface area contributed by atoms with Gasteiger partial charge < -0.3 is 9.84 Å². The molecule has 0 saturated carbocycles. The Kier molecular flexibility index (Phi) is 4.45. The average molecular weight is 363 g/mol. The maximum absolute atomic E-state index is 5.42. The number of nitrogens with zero attached hydrogens (tertiary/aromatic N) is 4. The molecule has 0 saturated heterocycles. The number of anilines is 1. The van der Waals surface area contributed by atoms with Crippen molar-refractivity contribution in [1.82, 2.24) is 20.1 Å². The zero-order chi connectivity index (χ0) is 17.9. The van der Waals surface area contributed by atoms with Gasteiger partial charge in [0.1, 0.15) is 0 Å². The Balaban J connectivity index is 1.71. The second kappa shape index (κ2) is 7.05. The van der Waals surface area contributed by atoms with Gasteiger partial charge in [-0.1, -0.05) is 17.3 Å². The van der Waals surface area contributed by atoms with Gasteiger partial charge in [-0.25, -0.2) is 9.97 Å². The van der Waals surface area contributed by atoms with Crippen molar-refractivity contribution in [3.05, 3.63) is 65.6 Å². The predicted molar refractivity (Wildman–Crippen MR) is 102 cm³/mol. The third-order valence-electron chi connectivity index (χ3n) is 3.91. The first-order valence-corrected chi connectivity index (χ1v) is 9.11. The second-order valence-corrected chi connectivity index (χ2v) is 6.83. The van der Waals surface area contributed by atoms with E-state index in [1.807, 2.05) is 55.6 Å². The van der Waals surface area contributed by atoms with E-state index in [0.717, 1.165) is 27.5 Å². The molecule has 4 aromatic heterocycles. The van der Waals surface area contributed by atoms with Crippen molar-refractivity contribution in [3.63, 3.8) is 0 Å². The van der Waals surface area contributed by atoms with Gasteiger partial charge in [-0.3, -0.25) is 4.98 Å². The lowest BCUT2D eigenvalue weighted by Crippen LogP contribution is -2.11. The fourth-order valence-electron chi connectivity index (χ4n) is 2.62. The SMILES string of the molecule is Cc1cc(-c2cnc(N[C@H](C)c3ccccn3)nc2-c2cccs2)on1. The molecule has 0 aromatic carbocycles. The van der Waals surface area contributed by atoms with E-state index in [4.69, 9.17) is 9.51 Å². The van der Waals surface area contributed by atoms with Crippen LogP contribution in [-0.4, -0.2) is 20.1 Å². The molecule has 0 unspecified atom stereocenters. The molecule has 0 aliphatic rings. The van der Waals surface area contributed by atoms with Crippen LogP contribution in [0.3, 0.4) is 0 Å². The monoisotopic (exact) mass is 363 g/mol. The summed E-state index contributed by atoms with van der Waals surface area (Å²) in [6.07, 6.45) is 3.55. The highest BCUT2D eigenvalue weighted by Gasteiger charge is 2.17. The smallest absolute Gasteiger partial charge is 0.223 e. The quantitative estimate of drug-likeness (QED) is 0.552. The van der Waals surface area contributed by atoms with Crippen LogP contribution in [0.15, 0.2) is 58.7 Å². The van der Waals surface area contributed by atoms with Gasteiger partial charge in [-0.2, -0.15) is 0 Å². The molecule has 0 bridgehead atoms. The van der Waals surface area contributed by atoms with E-state index in [-0.39, 0.29) is 6.04 Å². The van der Waals surface area contributed by atoms with E-state index in [0.29, 0.717) is 11.7 Å². The van der Waals surface area contributed by atoms with Crippen LogP contribution in [0.4, 0.5) is 5.95 Å². The first-order valence-electron chi connectivity index (χ1n) is 8.23. The topological polar surface area (TPSA) is 76.7 Å². The van der Waals surface area contributed by atoms with E-state index < -0.39 is 0 Å². The van der Waals surface area contributed by atoms with E-state index in [1.165, 1.54) is 0 Å². The molecule has 0 spiro atoms. The molecule has 0 aliphatic carbocycles. The van der Waals surface area contributed by atoms with Crippen molar-refractivity contribution in [3.8, 4) is 21.9 Å². The lowest BCUT2D eigenvalue weighted by atomic mass is 10.1. The Hall–Kier alpha value is -3.06. The number of hydrogen-bond acceptors (Lipinski definition) is 7. The van der Waals surface area contributed by atoms with Crippen molar-refractivity contribution in [1.29, 1.82) is 0 Å². The van der Waals surface area contributed by atoms with Crippen molar-refractivity contribution >= 4 is 17.3 Å². The summed E-state index contributed by atoms with van der Waals surface area (Å²) in [7, 11) is 0. The highest BCUT2D eigenvalue weighted by atomic mass is 32.1. The van der Waals surface area contributed by atoms with Crippen molar-refractivity contribution in [2.24, 2.45) is 0 Å². The molecule has 0 aliphatic heterocycles. The van der Waals surface area contributed by atoms with Crippen molar-refractivity contribution in [2.75, 3.05) is 5.32 Å². The Morgan fingerprint density at radius 3 is 2.77 bits per heavy atom. The molecule has 6 nitrogen and oxygen atoms in total. The Labute approximate surface area is 155 Å². The van der Waals surface area contributed by atoms with E-state index >= 15 is 0 Å². The molecule has 4 aromatic rings. The highest BCUT2D eigenvalue weighted by molar-refractivity contribution is 7.13. The zero-order valence-electron chi connectivity index (χ0n) is 14.4. The lowest BCUT2D eigenvalue weighted by molar-refractivity contribution is 0.427. The molecule has 0 amide bonds. The van der Waals surface area contributed by atoms with Crippen LogP contribution in [0.1, 0.15) is 24.4 Å². The van der Waals surface area contributed by atoms with Crippen LogP contribution in [-0.2, 0) is 0 Å². The molecular weight excluding hydrogens is 346 g/mol. The van der Waals surface area contributed by atoms with Crippen LogP contribution in [0.2, 0.25) is 0 Å². The van der Waals surface area contributed by atoms with E-state index in [1.54, 1.807) is 23.7 Å². The maximum atomic E-state index is 5.42. The Bertz CT molecular complexity index is 998. The summed E-state index contributed by atoms with van der Waals surface area (Å²) in [5.41, 5.74) is 3.40. The van der Waals surface area contributed by atoms with Gasteiger partial charge in [-0.15, -0.1) is 11.3 Å². The van der Waals surface area contributed by atoms with Gasteiger partial charge in [0.15, 0.2) is 5.76 Å². The van der Waals surface area contributed by atoms with Crippen LogP contribution < -0.4 is 5.32 Å². The molecule has 26 heavy (non-hydrogen) atoms. The number of thiophene rings is 1. The summed E-state index contributed by atoms with van der Waals surface area (Å²) in [4.78, 5) is 14.6. The average Bonchev–Trinajstić information content (AvgIpc) is 3.34. The number of aryl methyl sites for hydroxylation is 1. The van der Waals surface area contributed by atoms with Crippen LogP contribution in [0.5, 0.6) is 0 Å². The van der Waals surface area contributed by atoms with Gasteiger partial charge in [0.05, 0.1) is 33.6 Å². The Morgan fingerprint density at radius 2 is 2.08 bits per heavy atom. The van der Waals surface area contributed by atoms with Gasteiger partial charge >= 0.3 is 0 Å². The fourth-order valence-corrected chi connectivity index (χ4v) is 3.35. The minimum absolute atomic E-state index is 0.00856. The Morgan fingerprint density at radius 1 is 1.15 bits per heavy atom. The minimum atomic E-state index is -0.00856. The molecule has 0 radical (unpaired) electrons. The standard InChI is InChI=1S/C19H17N5OS/c1-12-10-16(25-24-12)14-11-21-19(23-18(14)17-7-5-9-26-17)22-13(2)15-6-3-4-8-20-15/h3-11,13H,1-2H3,(H,21,22,23)/t13-/m1/s1. The highest BCUT2D eigenvalue weighted by Crippen LogP contribution is 2.34. The number of rotatable bonds is 5. The summed E-state index contributed by atoms with van der Waals surface area (Å²) in [5.74, 6) is 1.21. The number of nitrogens with one attached hydrogen (secondary N) is 1. The minimum Gasteiger partial charge on any atom is -0.356 e. The molecule has 7 heteroatoms. The lowest BCUT2D eigenvalue weighted by Gasteiger charge is -2.14. The normalized spacial score (nSPS) is 12.1. The maximum Gasteiger partial charge on any atom is 0.223 e. The first-order chi connectivity index (χ1) is 12.7. The molecular formula is C19H17N5OS. The molecule has 4 rings (SSSR count). The third kappa shape index (κ3) is 3.34. The van der Waals surface area contributed by atoms with Crippen molar-refractivity contribution < 1.29 is 4.52 Å². The van der Waals surface area contributed by atoms with E-state index in [9.17, 15) is 0 Å².